The largest absolute Gasteiger partial charge is 0.379 e. The average Bonchev–Trinajstić information content (AvgIpc) is 3.17. The molecule has 1 amide bonds. The molecule has 0 bridgehead atoms. The van der Waals surface area contributed by atoms with Crippen LogP contribution in [0.25, 0.3) is 10.2 Å². The van der Waals surface area contributed by atoms with Crippen LogP contribution in [0.15, 0.2) is 36.4 Å². The van der Waals surface area contributed by atoms with E-state index in [1.54, 1.807) is 19.1 Å². The van der Waals surface area contributed by atoms with Crippen LogP contribution >= 0.6 is 11.3 Å². The van der Waals surface area contributed by atoms with Gasteiger partial charge in [0.15, 0.2) is 5.13 Å². The fraction of sp³-hybridized carbons (Fsp3) is 0.333. The maximum absolute atomic E-state index is 13.7. The van der Waals surface area contributed by atoms with Crippen LogP contribution in [-0.4, -0.2) is 60.1 Å². The topological polar surface area (TPSA) is 88.8 Å². The molecule has 0 aliphatic carbocycles. The Labute approximate surface area is 182 Å². The van der Waals surface area contributed by atoms with Crippen molar-refractivity contribution in [1.82, 2.24) is 9.88 Å². The van der Waals surface area contributed by atoms with E-state index in [4.69, 9.17) is 4.74 Å². The first-order chi connectivity index (χ1) is 14.9. The smallest absolute Gasteiger partial charge is 0.273 e. The van der Waals surface area contributed by atoms with Crippen LogP contribution in [0.2, 0.25) is 0 Å². The minimum absolute atomic E-state index is 0.106. The van der Waals surface area contributed by atoms with Gasteiger partial charge in [-0.25, -0.2) is 9.37 Å². The maximum atomic E-state index is 13.7. The first-order valence-electron chi connectivity index (χ1n) is 9.86. The summed E-state index contributed by atoms with van der Waals surface area (Å²) in [4.78, 5) is 32.6. The van der Waals surface area contributed by atoms with Crippen LogP contribution in [0.1, 0.15) is 15.9 Å². The van der Waals surface area contributed by atoms with Gasteiger partial charge in [0.1, 0.15) is 5.82 Å². The molecule has 0 atom stereocenters. The zero-order valence-corrected chi connectivity index (χ0v) is 17.7. The average molecular weight is 444 g/mol. The number of thiazole rings is 1. The molecule has 1 aliphatic heterocycles. The highest BCUT2D eigenvalue weighted by Crippen LogP contribution is 2.31. The lowest BCUT2D eigenvalue weighted by molar-refractivity contribution is -0.385. The first kappa shape index (κ1) is 21.3. The first-order valence-corrected chi connectivity index (χ1v) is 10.7. The molecule has 1 saturated heterocycles. The van der Waals surface area contributed by atoms with Gasteiger partial charge in [0.2, 0.25) is 0 Å². The maximum Gasteiger partial charge on any atom is 0.273 e. The number of amides is 1. The number of hydrogen-bond donors (Lipinski definition) is 0. The Morgan fingerprint density at radius 1 is 1.32 bits per heavy atom. The van der Waals surface area contributed by atoms with Crippen molar-refractivity contribution in [3.8, 4) is 0 Å². The second kappa shape index (κ2) is 9.04. The lowest BCUT2D eigenvalue weighted by atomic mass is 10.1. The Kier molecular flexibility index (Phi) is 6.21. The summed E-state index contributed by atoms with van der Waals surface area (Å²) in [6.07, 6.45) is 0. The summed E-state index contributed by atoms with van der Waals surface area (Å²) in [5.74, 6) is -0.739. The molecule has 10 heteroatoms. The van der Waals surface area contributed by atoms with Crippen LogP contribution in [0.4, 0.5) is 15.2 Å². The lowest BCUT2D eigenvalue weighted by Gasteiger charge is -2.29. The quantitative estimate of drug-likeness (QED) is 0.426. The Hall–Kier alpha value is -2.95. The zero-order valence-electron chi connectivity index (χ0n) is 16.9. The predicted molar refractivity (Wildman–Crippen MR) is 116 cm³/mol. The number of halogens is 1. The van der Waals surface area contributed by atoms with Crippen LogP contribution in [0, 0.1) is 22.9 Å². The summed E-state index contributed by atoms with van der Waals surface area (Å²) >= 11 is 1.22. The molecule has 2 aromatic carbocycles. The minimum Gasteiger partial charge on any atom is -0.379 e. The third-order valence-electron chi connectivity index (χ3n) is 5.29. The van der Waals surface area contributed by atoms with Gasteiger partial charge in [0, 0.05) is 43.4 Å². The van der Waals surface area contributed by atoms with Crippen LogP contribution in [0.3, 0.4) is 0 Å². The van der Waals surface area contributed by atoms with Crippen molar-refractivity contribution in [2.75, 3.05) is 44.3 Å². The van der Waals surface area contributed by atoms with E-state index in [1.807, 2.05) is 0 Å². The third-order valence-corrected chi connectivity index (χ3v) is 6.33. The number of fused-ring (bicyclic) bond motifs is 1. The molecular formula is C21H21FN4O4S. The fourth-order valence-corrected chi connectivity index (χ4v) is 4.57. The van der Waals surface area contributed by atoms with Crippen molar-refractivity contribution in [1.29, 1.82) is 0 Å². The van der Waals surface area contributed by atoms with Gasteiger partial charge in [-0.1, -0.05) is 17.4 Å². The van der Waals surface area contributed by atoms with Gasteiger partial charge in [-0.05, 0) is 31.2 Å². The molecule has 8 nitrogen and oxygen atoms in total. The number of hydrogen-bond acceptors (Lipinski definition) is 7. The third kappa shape index (κ3) is 4.55. The molecule has 31 heavy (non-hydrogen) atoms. The monoisotopic (exact) mass is 444 g/mol. The molecular weight excluding hydrogens is 423 g/mol. The summed E-state index contributed by atoms with van der Waals surface area (Å²) < 4.78 is 19.7. The number of nitro benzene ring substituents is 1. The van der Waals surface area contributed by atoms with Gasteiger partial charge in [0.25, 0.3) is 11.6 Å². The fourth-order valence-electron chi connectivity index (χ4n) is 3.55. The number of carbonyl (C=O) groups is 1. The van der Waals surface area contributed by atoms with Gasteiger partial charge in [-0.3, -0.25) is 24.7 Å². The predicted octanol–water partition coefficient (Wildman–Crippen LogP) is 3.63. The summed E-state index contributed by atoms with van der Waals surface area (Å²) in [7, 11) is 0. The number of aromatic nitrogens is 1. The second-order valence-electron chi connectivity index (χ2n) is 7.23. The molecule has 3 aromatic rings. The van der Waals surface area contributed by atoms with Gasteiger partial charge in [-0.2, -0.15) is 0 Å². The normalized spacial score (nSPS) is 14.6. The summed E-state index contributed by atoms with van der Waals surface area (Å²) in [5.41, 5.74) is 1.05. The molecule has 2 heterocycles. The Morgan fingerprint density at radius 2 is 2.10 bits per heavy atom. The van der Waals surface area contributed by atoms with Crippen LogP contribution in [-0.2, 0) is 4.74 Å². The number of anilines is 1. The second-order valence-corrected chi connectivity index (χ2v) is 8.24. The molecule has 1 aliphatic rings. The Balaban J connectivity index is 1.69. The van der Waals surface area contributed by atoms with E-state index in [0.717, 1.165) is 13.1 Å². The minimum atomic E-state index is -0.495. The standard InChI is InChI=1S/C21H21FN4O4S/c1-14-16(3-2-4-18(14)26(28)29)20(27)25(8-7-24-9-11-30-12-10-24)21-23-17-6-5-15(22)13-19(17)31-21/h2-6,13H,7-12H2,1H3. The highest BCUT2D eigenvalue weighted by atomic mass is 32.1. The Morgan fingerprint density at radius 3 is 2.84 bits per heavy atom. The van der Waals surface area contributed by atoms with E-state index in [2.05, 4.69) is 9.88 Å². The van der Waals surface area contributed by atoms with Gasteiger partial charge < -0.3 is 4.74 Å². The zero-order chi connectivity index (χ0) is 22.0. The number of benzene rings is 2. The summed E-state index contributed by atoms with van der Waals surface area (Å²) in [5, 5.41) is 11.8. The number of nitrogens with zero attached hydrogens (tertiary/aromatic N) is 4. The number of nitro groups is 1. The highest BCUT2D eigenvalue weighted by molar-refractivity contribution is 7.22. The molecule has 0 saturated carbocycles. The van der Waals surface area contributed by atoms with E-state index >= 15 is 0 Å². The van der Waals surface area contributed by atoms with Gasteiger partial charge in [0.05, 0.1) is 28.4 Å². The van der Waals surface area contributed by atoms with E-state index in [1.165, 1.54) is 40.5 Å². The molecule has 162 valence electrons. The molecule has 0 spiro atoms. The highest BCUT2D eigenvalue weighted by Gasteiger charge is 2.26. The van der Waals surface area contributed by atoms with Crippen LogP contribution in [0.5, 0.6) is 0 Å². The van der Waals surface area contributed by atoms with E-state index < -0.39 is 4.92 Å². The molecule has 0 radical (unpaired) electrons. The summed E-state index contributed by atoms with van der Waals surface area (Å²) in [6.45, 7) is 5.33. The van der Waals surface area contributed by atoms with Crippen LogP contribution < -0.4 is 4.90 Å². The number of carbonyl (C=O) groups excluding carboxylic acids is 1. The molecule has 4 rings (SSSR count). The van der Waals surface area contributed by atoms with Gasteiger partial charge >= 0.3 is 0 Å². The SMILES string of the molecule is Cc1c(C(=O)N(CCN2CCOCC2)c2nc3ccc(F)cc3s2)cccc1[N+](=O)[O-]. The number of ether oxygens (including phenoxy) is 1. The van der Waals surface area contributed by atoms with Crippen molar-refractivity contribution in [2.24, 2.45) is 0 Å². The van der Waals surface area contributed by atoms with E-state index in [0.29, 0.717) is 47.2 Å². The number of morpholine rings is 1. The van der Waals surface area contributed by atoms with Crippen molar-refractivity contribution in [2.45, 2.75) is 6.92 Å². The lowest BCUT2D eigenvalue weighted by Crippen LogP contribution is -2.43. The molecule has 0 N–H and O–H groups in total. The van der Waals surface area contributed by atoms with Crippen molar-refractivity contribution in [3.63, 3.8) is 0 Å². The molecule has 0 unspecified atom stereocenters. The molecule has 1 aromatic heterocycles. The summed E-state index contributed by atoms with van der Waals surface area (Å²) in [6, 6.07) is 8.76. The van der Waals surface area contributed by atoms with E-state index in [-0.39, 0.29) is 23.0 Å². The Bertz CT molecular complexity index is 1130. The van der Waals surface area contributed by atoms with Crippen molar-refractivity contribution < 1.29 is 18.8 Å². The van der Waals surface area contributed by atoms with E-state index in [9.17, 15) is 19.3 Å². The molecule has 1 fully saturated rings. The number of rotatable bonds is 6. The van der Waals surface area contributed by atoms with Crippen molar-refractivity contribution >= 4 is 38.3 Å². The van der Waals surface area contributed by atoms with Crippen molar-refractivity contribution in [3.05, 3.63) is 63.5 Å². The van der Waals surface area contributed by atoms with Gasteiger partial charge in [-0.15, -0.1) is 0 Å².